The summed E-state index contributed by atoms with van der Waals surface area (Å²) >= 11 is 0. The van der Waals surface area contributed by atoms with Crippen LogP contribution in [0, 0.1) is 13.8 Å². The Morgan fingerprint density at radius 3 is 1.90 bits per heavy atom. The highest BCUT2D eigenvalue weighted by atomic mass is 31.1. The first-order valence-corrected chi connectivity index (χ1v) is 14.9. The highest BCUT2D eigenvalue weighted by Gasteiger charge is 2.19. The SMILES string of the molecule is COc1cc(C)cc2c1op(Oc1c(-c3ccccc3)cccc1-c1ccccc1)oc1cc(C)c(C(C)C)cc12. The number of rotatable bonds is 6. The van der Waals surface area contributed by atoms with E-state index in [1.165, 1.54) is 11.1 Å². The molecule has 0 aliphatic heterocycles. The van der Waals surface area contributed by atoms with E-state index in [2.05, 4.69) is 88.4 Å². The largest absolute Gasteiger partial charge is 0.493 e. The average molecular weight is 561 g/mol. The van der Waals surface area contributed by atoms with Crippen LogP contribution in [-0.2, 0) is 0 Å². The lowest BCUT2D eigenvalue weighted by atomic mass is 9.95. The Balaban J connectivity index is 1.67. The first-order chi connectivity index (χ1) is 19.9. The van der Waals surface area contributed by atoms with Gasteiger partial charge in [-0.3, -0.25) is 0 Å². The van der Waals surface area contributed by atoms with E-state index >= 15 is 0 Å². The van der Waals surface area contributed by atoms with Crippen molar-refractivity contribution in [3.8, 4) is 33.8 Å². The van der Waals surface area contributed by atoms with Crippen LogP contribution in [-0.4, -0.2) is 7.11 Å². The first kappa shape index (κ1) is 26.8. The maximum absolute atomic E-state index is 6.83. The second kappa shape index (κ2) is 11.2. The Labute approximate surface area is 241 Å². The van der Waals surface area contributed by atoms with Crippen LogP contribution in [0.2, 0.25) is 0 Å². The molecule has 41 heavy (non-hydrogen) atoms. The summed E-state index contributed by atoms with van der Waals surface area (Å²) in [5, 5.41) is 1.91. The minimum Gasteiger partial charge on any atom is -0.493 e. The average Bonchev–Trinajstić information content (AvgIpc) is 3.13. The Morgan fingerprint density at radius 2 is 1.32 bits per heavy atom. The number of fused-ring (bicyclic) bond motifs is 3. The van der Waals surface area contributed by atoms with E-state index < -0.39 is 8.24 Å². The molecule has 206 valence electrons. The van der Waals surface area contributed by atoms with Gasteiger partial charge in [0.2, 0.25) is 0 Å². The lowest BCUT2D eigenvalue weighted by Gasteiger charge is -2.14. The summed E-state index contributed by atoms with van der Waals surface area (Å²) < 4.78 is 25.9. The summed E-state index contributed by atoms with van der Waals surface area (Å²) in [6, 6.07) is 35.2. The Kier molecular flexibility index (Phi) is 7.34. The van der Waals surface area contributed by atoms with Gasteiger partial charge in [0.15, 0.2) is 17.1 Å². The van der Waals surface area contributed by atoms with Crippen molar-refractivity contribution in [2.24, 2.45) is 0 Å². The third-order valence-corrected chi connectivity index (χ3v) is 8.40. The summed E-state index contributed by atoms with van der Waals surface area (Å²) in [6.07, 6.45) is 0. The summed E-state index contributed by atoms with van der Waals surface area (Å²) in [5.74, 6) is 1.73. The highest BCUT2D eigenvalue weighted by molar-refractivity contribution is 7.32. The van der Waals surface area contributed by atoms with E-state index in [9.17, 15) is 0 Å². The van der Waals surface area contributed by atoms with Crippen molar-refractivity contribution < 1.29 is 17.7 Å². The van der Waals surface area contributed by atoms with E-state index in [0.717, 1.165) is 44.2 Å². The molecule has 6 aromatic rings. The third kappa shape index (κ3) is 5.24. The van der Waals surface area contributed by atoms with E-state index in [4.69, 9.17) is 17.7 Å². The minimum absolute atomic E-state index is 0.364. The van der Waals surface area contributed by atoms with Gasteiger partial charge in [0.1, 0.15) is 5.58 Å². The molecule has 5 aromatic carbocycles. The van der Waals surface area contributed by atoms with E-state index in [-0.39, 0.29) is 0 Å². The van der Waals surface area contributed by atoms with Gasteiger partial charge < -0.3 is 17.7 Å². The molecular weight excluding hydrogens is 527 g/mol. The van der Waals surface area contributed by atoms with E-state index in [1.54, 1.807) is 7.11 Å². The van der Waals surface area contributed by atoms with Gasteiger partial charge >= 0.3 is 8.24 Å². The highest BCUT2D eigenvalue weighted by Crippen LogP contribution is 2.47. The van der Waals surface area contributed by atoms with Gasteiger partial charge in [-0.05, 0) is 71.8 Å². The number of aryl methyl sites for hydroxylation is 2. The quantitative estimate of drug-likeness (QED) is 0.203. The van der Waals surface area contributed by atoms with Gasteiger partial charge in [0.05, 0.1) is 7.11 Å². The fourth-order valence-electron chi connectivity index (χ4n) is 5.40. The molecule has 5 heteroatoms. The zero-order valence-electron chi connectivity index (χ0n) is 24.0. The van der Waals surface area contributed by atoms with Gasteiger partial charge in [0.25, 0.3) is 0 Å². The zero-order valence-corrected chi connectivity index (χ0v) is 24.9. The van der Waals surface area contributed by atoms with Crippen LogP contribution in [0.4, 0.5) is 0 Å². The molecule has 1 heterocycles. The normalized spacial score (nSPS) is 11.7. The van der Waals surface area contributed by atoms with Gasteiger partial charge in [-0.25, -0.2) is 0 Å². The van der Waals surface area contributed by atoms with Crippen molar-refractivity contribution in [2.45, 2.75) is 33.6 Å². The van der Waals surface area contributed by atoms with Crippen molar-refractivity contribution in [1.29, 1.82) is 0 Å². The fourth-order valence-corrected chi connectivity index (χ4v) is 6.51. The number of hydrogen-bond acceptors (Lipinski definition) is 4. The van der Waals surface area contributed by atoms with Crippen molar-refractivity contribution in [2.75, 3.05) is 7.11 Å². The number of methoxy groups -OCH3 is 1. The molecule has 0 aliphatic carbocycles. The molecule has 4 nitrogen and oxygen atoms in total. The van der Waals surface area contributed by atoms with Crippen molar-refractivity contribution in [1.82, 2.24) is 0 Å². The summed E-state index contributed by atoms with van der Waals surface area (Å²) in [5.41, 5.74) is 8.92. The molecule has 1 atom stereocenters. The molecule has 0 saturated heterocycles. The molecule has 1 aromatic heterocycles. The fraction of sp³-hybridized carbons (Fsp3) is 0.167. The standard InChI is InChI=1S/C36H33O4P/c1-23(2)30-22-31-32-19-24(3)20-34(37-5)36(32)40-41(38-33(31)21-25(30)4)39-35-28(26-13-8-6-9-14-26)17-12-18-29(35)27-15-10-7-11-16-27/h6-23H,1-5H3. The zero-order chi connectivity index (χ0) is 28.5. The molecule has 1 unspecified atom stereocenters. The maximum atomic E-state index is 6.83. The van der Waals surface area contributed by atoms with Crippen LogP contribution >= 0.6 is 8.24 Å². The second-order valence-electron chi connectivity index (χ2n) is 10.6. The number of ether oxygens (including phenoxy) is 1. The smallest absolute Gasteiger partial charge is 0.453 e. The second-order valence-corrected chi connectivity index (χ2v) is 11.6. The van der Waals surface area contributed by atoms with Gasteiger partial charge in [0, 0.05) is 21.9 Å². The number of benzene rings is 5. The van der Waals surface area contributed by atoms with Gasteiger partial charge in [-0.1, -0.05) is 92.7 Å². The molecule has 0 amide bonds. The summed E-state index contributed by atoms with van der Waals surface area (Å²) in [6.45, 7) is 8.61. The molecular formula is C36H33O4P. The number of hydrogen-bond donors (Lipinski definition) is 0. The van der Waals surface area contributed by atoms with Crippen molar-refractivity contribution in [3.63, 3.8) is 0 Å². The molecule has 6 rings (SSSR count). The van der Waals surface area contributed by atoms with E-state index in [1.807, 2.05) is 42.5 Å². The lowest BCUT2D eigenvalue weighted by molar-refractivity contribution is 0.410. The minimum atomic E-state index is -1.91. The summed E-state index contributed by atoms with van der Waals surface area (Å²) in [4.78, 5) is 0. The van der Waals surface area contributed by atoms with E-state index in [0.29, 0.717) is 23.0 Å². The van der Waals surface area contributed by atoms with Gasteiger partial charge in [-0.2, -0.15) is 0 Å². The Hall–Kier alpha value is -4.40. The molecule has 0 bridgehead atoms. The molecule has 0 saturated carbocycles. The first-order valence-electron chi connectivity index (χ1n) is 13.8. The molecule has 0 aliphatic rings. The monoisotopic (exact) mass is 560 g/mol. The molecule has 0 fully saturated rings. The topological polar surface area (TPSA) is 44.7 Å². The van der Waals surface area contributed by atoms with Crippen LogP contribution in [0.15, 0.2) is 112 Å². The Morgan fingerprint density at radius 1 is 0.683 bits per heavy atom. The predicted molar refractivity (Wildman–Crippen MR) is 170 cm³/mol. The molecule has 0 radical (unpaired) electrons. The van der Waals surface area contributed by atoms with Crippen molar-refractivity contribution >= 4 is 30.2 Å². The third-order valence-electron chi connectivity index (χ3n) is 7.39. The molecule has 0 N–H and O–H groups in total. The van der Waals surface area contributed by atoms with Gasteiger partial charge in [-0.15, -0.1) is 0 Å². The van der Waals surface area contributed by atoms with Crippen LogP contribution in [0.25, 0.3) is 44.2 Å². The van der Waals surface area contributed by atoms with Crippen LogP contribution < -0.4 is 9.26 Å². The lowest BCUT2D eigenvalue weighted by Crippen LogP contribution is -1.92. The molecule has 0 spiro atoms. The number of para-hydroxylation sites is 1. The maximum Gasteiger partial charge on any atom is 0.453 e. The predicted octanol–water partition coefficient (Wildman–Crippen LogP) is 11.2. The Bertz CT molecular complexity index is 1830. The van der Waals surface area contributed by atoms with Crippen molar-refractivity contribution in [3.05, 3.63) is 120 Å². The van der Waals surface area contributed by atoms with Crippen LogP contribution in [0.5, 0.6) is 11.5 Å². The van der Waals surface area contributed by atoms with Crippen LogP contribution in [0.1, 0.15) is 36.5 Å². The van der Waals surface area contributed by atoms with Crippen LogP contribution in [0.3, 0.4) is 0 Å². The summed E-state index contributed by atoms with van der Waals surface area (Å²) in [7, 11) is -0.242.